The van der Waals surface area contributed by atoms with E-state index in [4.69, 9.17) is 0 Å². The van der Waals surface area contributed by atoms with Crippen LogP contribution in [0.15, 0.2) is 35.2 Å². The highest BCUT2D eigenvalue weighted by Crippen LogP contribution is 2.15. The Morgan fingerprint density at radius 2 is 1.89 bits per heavy atom. The van der Waals surface area contributed by atoms with Gasteiger partial charge in [-0.3, -0.25) is 9.52 Å². The molecule has 0 spiro atoms. The van der Waals surface area contributed by atoms with Crippen LogP contribution in [-0.4, -0.2) is 36.8 Å². The van der Waals surface area contributed by atoms with Gasteiger partial charge in [-0.25, -0.2) is 8.42 Å². The number of amides is 1. The molecule has 0 radical (unpaired) electrons. The van der Waals surface area contributed by atoms with Crippen molar-refractivity contribution in [2.24, 2.45) is 0 Å². The van der Waals surface area contributed by atoms with Crippen LogP contribution in [0.3, 0.4) is 0 Å². The Labute approximate surface area is 109 Å². The van der Waals surface area contributed by atoms with Gasteiger partial charge in [0.2, 0.25) is 0 Å². The molecule has 2 rings (SSSR count). The van der Waals surface area contributed by atoms with Gasteiger partial charge in [-0.1, -0.05) is 18.2 Å². The molecule has 0 bridgehead atoms. The highest BCUT2D eigenvalue weighted by atomic mass is 32.2. The number of carbonyl (C=O) groups excluding carboxylic acids is 1. The SMILES string of the molecule is CNC(=O)c1n[nH]nc1NS(=O)(=O)c1ccccc1. The molecular weight excluding hydrogens is 270 g/mol. The Hall–Kier alpha value is -2.42. The average molecular weight is 281 g/mol. The maximum absolute atomic E-state index is 12.0. The van der Waals surface area contributed by atoms with Crippen LogP contribution in [0.1, 0.15) is 10.5 Å². The van der Waals surface area contributed by atoms with Gasteiger partial charge in [-0.2, -0.15) is 5.21 Å². The molecule has 1 aromatic carbocycles. The first-order valence-corrected chi connectivity index (χ1v) is 6.73. The second-order valence-electron chi connectivity index (χ2n) is 3.52. The molecular formula is C10H11N5O3S. The standard InChI is InChI=1S/C10H11N5O3S/c1-11-10(16)8-9(13-15-12-8)14-19(17,18)7-5-3-2-4-6-7/h2-6H,1H3,(H,11,16)(H2,12,13,14,15). The van der Waals surface area contributed by atoms with Gasteiger partial charge in [0.25, 0.3) is 15.9 Å². The fourth-order valence-electron chi connectivity index (χ4n) is 1.36. The van der Waals surface area contributed by atoms with Crippen molar-refractivity contribution >= 4 is 21.7 Å². The smallest absolute Gasteiger partial charge is 0.275 e. The number of aromatic amines is 1. The molecule has 1 amide bonds. The molecule has 1 heterocycles. The molecule has 0 atom stereocenters. The van der Waals surface area contributed by atoms with Crippen LogP contribution in [0.25, 0.3) is 0 Å². The van der Waals surface area contributed by atoms with Gasteiger partial charge >= 0.3 is 0 Å². The molecule has 0 fully saturated rings. The third-order valence-corrected chi connectivity index (χ3v) is 3.63. The summed E-state index contributed by atoms with van der Waals surface area (Å²) in [5.41, 5.74) is -0.123. The number of rotatable bonds is 4. The van der Waals surface area contributed by atoms with Gasteiger partial charge in [0.15, 0.2) is 11.5 Å². The van der Waals surface area contributed by atoms with Crippen molar-refractivity contribution < 1.29 is 13.2 Å². The maximum atomic E-state index is 12.0. The molecule has 0 aliphatic heterocycles. The fourth-order valence-corrected chi connectivity index (χ4v) is 2.39. The van der Waals surface area contributed by atoms with Gasteiger partial charge < -0.3 is 5.32 Å². The summed E-state index contributed by atoms with van der Waals surface area (Å²) in [5.74, 6) is -0.692. The van der Waals surface area contributed by atoms with Crippen molar-refractivity contribution in [1.82, 2.24) is 20.7 Å². The molecule has 1 aromatic heterocycles. The molecule has 8 nitrogen and oxygen atoms in total. The first-order valence-electron chi connectivity index (χ1n) is 5.25. The first kappa shape index (κ1) is 13.0. The van der Waals surface area contributed by atoms with E-state index < -0.39 is 15.9 Å². The minimum absolute atomic E-state index is 0.0702. The molecule has 19 heavy (non-hydrogen) atoms. The average Bonchev–Trinajstić information content (AvgIpc) is 2.86. The van der Waals surface area contributed by atoms with Gasteiger partial charge in [0.1, 0.15) is 0 Å². The number of sulfonamides is 1. The third-order valence-electron chi connectivity index (χ3n) is 2.27. The number of benzene rings is 1. The minimum atomic E-state index is -3.80. The summed E-state index contributed by atoms with van der Waals surface area (Å²) < 4.78 is 26.3. The lowest BCUT2D eigenvalue weighted by Gasteiger charge is -2.05. The lowest BCUT2D eigenvalue weighted by Crippen LogP contribution is -2.21. The Bertz CT molecular complexity index is 680. The van der Waals surface area contributed by atoms with Gasteiger partial charge in [0, 0.05) is 7.05 Å². The second-order valence-corrected chi connectivity index (χ2v) is 5.20. The van der Waals surface area contributed by atoms with Crippen LogP contribution in [0.2, 0.25) is 0 Å². The predicted molar refractivity (Wildman–Crippen MR) is 67.0 cm³/mol. The van der Waals surface area contributed by atoms with E-state index in [0.29, 0.717) is 0 Å². The minimum Gasteiger partial charge on any atom is -0.354 e. The number of anilines is 1. The fraction of sp³-hybridized carbons (Fsp3) is 0.100. The number of aromatic nitrogens is 3. The summed E-state index contributed by atoms with van der Waals surface area (Å²) in [6, 6.07) is 7.75. The predicted octanol–water partition coefficient (Wildman–Crippen LogP) is -0.0349. The van der Waals surface area contributed by atoms with Gasteiger partial charge in [-0.05, 0) is 12.1 Å². The molecule has 0 unspecified atom stereocenters. The van der Waals surface area contributed by atoms with E-state index in [0.717, 1.165) is 0 Å². The lowest BCUT2D eigenvalue weighted by atomic mass is 10.4. The van der Waals surface area contributed by atoms with Gasteiger partial charge in [-0.15, -0.1) is 10.2 Å². The molecule has 100 valence electrons. The number of hydrogen-bond donors (Lipinski definition) is 3. The van der Waals surface area contributed by atoms with Crippen molar-refractivity contribution in [3.05, 3.63) is 36.0 Å². The van der Waals surface area contributed by atoms with Gasteiger partial charge in [0.05, 0.1) is 4.90 Å². The molecule has 0 saturated carbocycles. The van der Waals surface area contributed by atoms with Crippen molar-refractivity contribution in [2.45, 2.75) is 4.90 Å². The van der Waals surface area contributed by atoms with Crippen molar-refractivity contribution in [3.63, 3.8) is 0 Å². The van der Waals surface area contributed by atoms with Crippen LogP contribution >= 0.6 is 0 Å². The second kappa shape index (κ2) is 5.06. The number of H-pyrrole nitrogens is 1. The summed E-state index contributed by atoms with van der Waals surface area (Å²) in [7, 11) is -2.39. The van der Waals surface area contributed by atoms with E-state index in [1.54, 1.807) is 18.2 Å². The van der Waals surface area contributed by atoms with E-state index in [2.05, 4.69) is 25.4 Å². The Kier molecular flexibility index (Phi) is 3.47. The summed E-state index contributed by atoms with van der Waals surface area (Å²) in [4.78, 5) is 11.5. The number of nitrogens with one attached hydrogen (secondary N) is 3. The highest BCUT2D eigenvalue weighted by Gasteiger charge is 2.21. The number of hydrogen-bond acceptors (Lipinski definition) is 5. The number of carbonyl (C=O) groups is 1. The molecule has 0 aliphatic carbocycles. The third kappa shape index (κ3) is 2.71. The monoisotopic (exact) mass is 281 g/mol. The topological polar surface area (TPSA) is 117 Å². The molecule has 0 saturated heterocycles. The van der Waals surface area contributed by atoms with E-state index in [1.807, 2.05) is 0 Å². The van der Waals surface area contributed by atoms with Crippen molar-refractivity contribution in [3.8, 4) is 0 Å². The van der Waals surface area contributed by atoms with E-state index >= 15 is 0 Å². The first-order chi connectivity index (χ1) is 9.04. The molecule has 3 N–H and O–H groups in total. The van der Waals surface area contributed by atoms with Crippen molar-refractivity contribution in [2.75, 3.05) is 11.8 Å². The van der Waals surface area contributed by atoms with E-state index in [-0.39, 0.29) is 16.4 Å². The Morgan fingerprint density at radius 1 is 1.21 bits per heavy atom. The summed E-state index contributed by atoms with van der Waals surface area (Å²) in [6.07, 6.45) is 0. The number of nitrogens with zero attached hydrogens (tertiary/aromatic N) is 2. The van der Waals surface area contributed by atoms with Crippen LogP contribution in [0.5, 0.6) is 0 Å². The summed E-state index contributed by atoms with van der Waals surface area (Å²) >= 11 is 0. The quantitative estimate of drug-likeness (QED) is 0.727. The van der Waals surface area contributed by atoms with Crippen LogP contribution in [-0.2, 0) is 10.0 Å². The Balaban J connectivity index is 2.32. The normalized spacial score (nSPS) is 11.0. The molecule has 0 aliphatic rings. The van der Waals surface area contributed by atoms with Crippen LogP contribution < -0.4 is 10.0 Å². The van der Waals surface area contributed by atoms with Crippen LogP contribution in [0.4, 0.5) is 5.82 Å². The Morgan fingerprint density at radius 3 is 2.53 bits per heavy atom. The zero-order chi connectivity index (χ0) is 13.9. The van der Waals surface area contributed by atoms with E-state index in [9.17, 15) is 13.2 Å². The molecule has 9 heteroatoms. The van der Waals surface area contributed by atoms with Crippen LogP contribution in [0, 0.1) is 0 Å². The zero-order valence-electron chi connectivity index (χ0n) is 9.91. The zero-order valence-corrected chi connectivity index (χ0v) is 10.7. The summed E-state index contributed by atoms with van der Waals surface area (Å²) in [5, 5.41) is 11.7. The maximum Gasteiger partial charge on any atom is 0.275 e. The largest absolute Gasteiger partial charge is 0.354 e. The highest BCUT2D eigenvalue weighted by molar-refractivity contribution is 7.92. The summed E-state index contributed by atoms with van der Waals surface area (Å²) in [6.45, 7) is 0. The lowest BCUT2D eigenvalue weighted by molar-refractivity contribution is 0.0959. The molecule has 2 aromatic rings. The van der Waals surface area contributed by atoms with E-state index in [1.165, 1.54) is 19.2 Å². The van der Waals surface area contributed by atoms with Crippen molar-refractivity contribution in [1.29, 1.82) is 0 Å².